The molecule has 0 saturated carbocycles. The van der Waals surface area contributed by atoms with Gasteiger partial charge in [0, 0.05) is 8.03 Å². The molecule has 2 nitrogen and oxygen atoms in total. The minimum Gasteiger partial charge on any atom is -0.798 e. The van der Waals surface area contributed by atoms with Gasteiger partial charge in [-0.05, 0) is 12.2 Å². The minimum absolute atomic E-state index is 0. The summed E-state index contributed by atoms with van der Waals surface area (Å²) in [7, 11) is -2.73. The monoisotopic (exact) mass is 194 g/mol. The van der Waals surface area contributed by atoms with E-state index in [1.165, 1.54) is 0 Å². The second-order valence-electron chi connectivity index (χ2n) is 2.15. The number of hydrogen-bond donors (Lipinski definition) is 0. The molecule has 1 aromatic rings. The zero-order chi connectivity index (χ0) is 7.56. The first kappa shape index (κ1) is 12.0. The Morgan fingerprint density at radius 3 is 2.09 bits per heavy atom. The van der Waals surface area contributed by atoms with Crippen molar-refractivity contribution < 1.29 is 60.8 Å². The molecule has 0 spiro atoms. The molecule has 1 aromatic carbocycles. The van der Waals surface area contributed by atoms with E-state index in [4.69, 9.17) is 0 Å². The molecular weight excluding hydrogens is 186 g/mol. The third-order valence-electron chi connectivity index (χ3n) is 1.29. The quantitative estimate of drug-likeness (QED) is 0.365. The van der Waals surface area contributed by atoms with Gasteiger partial charge in [-0.2, -0.15) is 0 Å². The Morgan fingerprint density at radius 2 is 1.73 bits per heavy atom. The van der Waals surface area contributed by atoms with Crippen molar-refractivity contribution in [1.82, 2.24) is 0 Å². The topological polar surface area (TPSA) is 40.1 Å². The molecule has 54 valence electrons. The summed E-state index contributed by atoms with van der Waals surface area (Å²) in [5.41, 5.74) is 1.08. The average molecular weight is 194 g/mol. The first-order valence-corrected chi connectivity index (χ1v) is 4.30. The molecule has 0 bridgehead atoms. The summed E-state index contributed by atoms with van der Waals surface area (Å²) in [6, 6.07) is 6.80. The van der Waals surface area contributed by atoms with Crippen LogP contribution >= 0.6 is 8.03 Å². The Labute approximate surface area is 109 Å². The van der Waals surface area contributed by atoms with Gasteiger partial charge in [-0.3, -0.25) is 0 Å². The van der Waals surface area contributed by atoms with Crippen LogP contribution in [0.1, 0.15) is 5.56 Å². The molecular formula is C7H8KO2P. The van der Waals surface area contributed by atoms with Crippen LogP contribution in [0, 0.1) is 6.92 Å². The molecule has 0 heterocycles. The molecule has 0 aliphatic heterocycles. The zero-order valence-corrected chi connectivity index (χ0v) is 10.7. The molecule has 0 aliphatic carbocycles. The molecule has 0 radical (unpaired) electrons. The van der Waals surface area contributed by atoms with Crippen molar-refractivity contribution in [2.75, 3.05) is 0 Å². The Hall–Kier alpha value is 1.05. The number of aryl methyl sites for hydroxylation is 1. The summed E-state index contributed by atoms with van der Waals surface area (Å²) in [4.78, 5) is 10.4. The van der Waals surface area contributed by atoms with Crippen molar-refractivity contribution in [3.8, 4) is 0 Å². The van der Waals surface area contributed by atoms with E-state index in [0.29, 0.717) is 5.30 Å². The minimum atomic E-state index is -2.73. The van der Waals surface area contributed by atoms with E-state index in [-0.39, 0.29) is 51.4 Å². The van der Waals surface area contributed by atoms with Crippen molar-refractivity contribution in [2.45, 2.75) is 6.92 Å². The molecule has 0 amide bonds. The fourth-order valence-electron chi connectivity index (χ4n) is 0.690. The van der Waals surface area contributed by atoms with Gasteiger partial charge in [0.05, 0.1) is 0 Å². The SMILES string of the molecule is Cc1ccc([PH](=O)[O-])cc1.[K+]. The molecule has 1 rings (SSSR count). The van der Waals surface area contributed by atoms with Crippen LogP contribution in [0.5, 0.6) is 0 Å². The first-order chi connectivity index (χ1) is 4.70. The van der Waals surface area contributed by atoms with Crippen LogP contribution in [-0.4, -0.2) is 0 Å². The Bertz CT molecular complexity index is 245. The molecule has 0 aliphatic rings. The van der Waals surface area contributed by atoms with Gasteiger partial charge in [0.25, 0.3) is 0 Å². The van der Waals surface area contributed by atoms with Crippen LogP contribution in [0.25, 0.3) is 0 Å². The van der Waals surface area contributed by atoms with E-state index >= 15 is 0 Å². The zero-order valence-electron chi connectivity index (χ0n) is 6.63. The van der Waals surface area contributed by atoms with Crippen LogP contribution in [0.2, 0.25) is 0 Å². The van der Waals surface area contributed by atoms with Crippen molar-refractivity contribution >= 4 is 13.3 Å². The summed E-state index contributed by atoms with van der Waals surface area (Å²) in [5.74, 6) is 0. The average Bonchev–Trinajstić information content (AvgIpc) is 1.88. The van der Waals surface area contributed by atoms with E-state index in [2.05, 4.69) is 0 Å². The summed E-state index contributed by atoms with van der Waals surface area (Å²) in [6.45, 7) is 1.92. The second kappa shape index (κ2) is 5.65. The first-order valence-electron chi connectivity index (χ1n) is 2.98. The molecule has 4 heteroatoms. The standard InChI is InChI=1S/C7H9O2P.K/c1-6-2-4-7(5-3-6)10(8)9;/h2-5,10H,1H3,(H,8,9);/q;+1/p-1. The maximum absolute atomic E-state index is 10.4. The van der Waals surface area contributed by atoms with Gasteiger partial charge < -0.3 is 9.46 Å². The van der Waals surface area contributed by atoms with Crippen molar-refractivity contribution in [3.63, 3.8) is 0 Å². The van der Waals surface area contributed by atoms with E-state index < -0.39 is 8.03 Å². The van der Waals surface area contributed by atoms with Crippen LogP contribution in [-0.2, 0) is 4.57 Å². The van der Waals surface area contributed by atoms with E-state index in [9.17, 15) is 9.46 Å². The van der Waals surface area contributed by atoms with Gasteiger partial charge >= 0.3 is 51.4 Å². The fourth-order valence-corrected chi connectivity index (χ4v) is 1.13. The molecule has 11 heavy (non-hydrogen) atoms. The molecule has 0 fully saturated rings. The molecule has 0 aromatic heterocycles. The Morgan fingerprint density at radius 1 is 1.27 bits per heavy atom. The van der Waals surface area contributed by atoms with Crippen molar-refractivity contribution in [2.24, 2.45) is 0 Å². The smallest absolute Gasteiger partial charge is 0.798 e. The molecule has 0 saturated heterocycles. The second-order valence-corrected chi connectivity index (χ2v) is 3.31. The van der Waals surface area contributed by atoms with E-state index in [1.54, 1.807) is 24.3 Å². The van der Waals surface area contributed by atoms with Crippen LogP contribution in [0.15, 0.2) is 24.3 Å². The largest absolute Gasteiger partial charge is 1.00 e. The Kier molecular flexibility index (Phi) is 6.19. The summed E-state index contributed by atoms with van der Waals surface area (Å²) in [6.07, 6.45) is 0. The van der Waals surface area contributed by atoms with Gasteiger partial charge in [0.2, 0.25) is 0 Å². The van der Waals surface area contributed by atoms with Crippen LogP contribution < -0.4 is 61.6 Å². The summed E-state index contributed by atoms with van der Waals surface area (Å²) < 4.78 is 10.4. The Balaban J connectivity index is 0.000001000. The normalized spacial score (nSPS) is 11.8. The van der Waals surface area contributed by atoms with Gasteiger partial charge in [-0.15, -0.1) is 0 Å². The molecule has 1 atom stereocenters. The van der Waals surface area contributed by atoms with Crippen LogP contribution in [0.4, 0.5) is 0 Å². The summed E-state index contributed by atoms with van der Waals surface area (Å²) >= 11 is 0. The van der Waals surface area contributed by atoms with E-state index in [0.717, 1.165) is 5.56 Å². The van der Waals surface area contributed by atoms with Crippen LogP contribution in [0.3, 0.4) is 0 Å². The van der Waals surface area contributed by atoms with E-state index in [1.807, 2.05) is 6.92 Å². The van der Waals surface area contributed by atoms with Gasteiger partial charge in [0.15, 0.2) is 0 Å². The third-order valence-corrected chi connectivity index (χ3v) is 2.09. The predicted octanol–water partition coefficient (Wildman–Crippen LogP) is -2.54. The van der Waals surface area contributed by atoms with Gasteiger partial charge in [0.1, 0.15) is 0 Å². The summed E-state index contributed by atoms with van der Waals surface area (Å²) in [5, 5.41) is 0.413. The number of hydrogen-bond acceptors (Lipinski definition) is 2. The maximum Gasteiger partial charge on any atom is 1.00 e. The van der Waals surface area contributed by atoms with Gasteiger partial charge in [-0.1, -0.05) is 29.8 Å². The van der Waals surface area contributed by atoms with Crippen molar-refractivity contribution in [1.29, 1.82) is 0 Å². The number of rotatable bonds is 1. The maximum atomic E-state index is 10.4. The van der Waals surface area contributed by atoms with Gasteiger partial charge in [-0.25, -0.2) is 0 Å². The molecule has 1 unspecified atom stereocenters. The fraction of sp³-hybridized carbons (Fsp3) is 0.143. The number of benzene rings is 1. The third kappa shape index (κ3) is 3.99. The predicted molar refractivity (Wildman–Crippen MR) is 39.8 cm³/mol. The van der Waals surface area contributed by atoms with Crippen molar-refractivity contribution in [3.05, 3.63) is 29.8 Å². The molecule has 0 N–H and O–H groups in total.